The van der Waals surface area contributed by atoms with Crippen LogP contribution in [0.2, 0.25) is 0 Å². The summed E-state index contributed by atoms with van der Waals surface area (Å²) in [7, 11) is 1.81. The lowest BCUT2D eigenvalue weighted by molar-refractivity contribution is 0.178. The van der Waals surface area contributed by atoms with E-state index in [4.69, 9.17) is 0 Å². The maximum atomic E-state index is 4.36. The van der Waals surface area contributed by atoms with Crippen LogP contribution in [0.25, 0.3) is 0 Å². The van der Waals surface area contributed by atoms with E-state index in [1.165, 1.54) is 19.3 Å². The first kappa shape index (κ1) is 23.1. The summed E-state index contributed by atoms with van der Waals surface area (Å²) in [6, 6.07) is 1.09. The Bertz CT molecular complexity index is 546. The number of nitrogens with zero attached hydrogens (tertiary/aromatic N) is 5. The van der Waals surface area contributed by atoms with Crippen LogP contribution in [0, 0.1) is 0 Å². The maximum Gasteiger partial charge on any atom is 0.191 e. The summed E-state index contributed by atoms with van der Waals surface area (Å²) < 4.78 is 2.27. The van der Waals surface area contributed by atoms with Crippen LogP contribution in [0.3, 0.4) is 0 Å². The average molecular weight is 477 g/mol. The van der Waals surface area contributed by atoms with Gasteiger partial charge in [0.25, 0.3) is 0 Å². The van der Waals surface area contributed by atoms with Crippen molar-refractivity contribution in [3.8, 4) is 0 Å². The van der Waals surface area contributed by atoms with Crippen molar-refractivity contribution >= 4 is 29.9 Å². The average Bonchev–Trinajstić information content (AvgIpc) is 2.80. The molecule has 0 aromatic carbocycles. The Morgan fingerprint density at radius 3 is 2.50 bits per heavy atom. The van der Waals surface area contributed by atoms with Crippen LogP contribution in [0.5, 0.6) is 0 Å². The Morgan fingerprint density at radius 2 is 1.85 bits per heavy atom. The van der Waals surface area contributed by atoms with E-state index in [0.717, 1.165) is 43.7 Å². The van der Waals surface area contributed by atoms with Gasteiger partial charge < -0.3 is 15.2 Å². The van der Waals surface area contributed by atoms with Crippen molar-refractivity contribution in [2.45, 2.75) is 78.6 Å². The van der Waals surface area contributed by atoms with Gasteiger partial charge in [0.05, 0.1) is 6.54 Å². The Labute approximate surface area is 175 Å². The highest BCUT2D eigenvalue weighted by atomic mass is 127. The van der Waals surface area contributed by atoms with Gasteiger partial charge in [-0.3, -0.25) is 9.89 Å². The van der Waals surface area contributed by atoms with Crippen molar-refractivity contribution in [1.82, 2.24) is 30.3 Å². The summed E-state index contributed by atoms with van der Waals surface area (Å²) in [5.74, 6) is 2.95. The molecule has 0 unspecified atom stereocenters. The molecule has 7 nitrogen and oxygen atoms in total. The number of hydrogen-bond donors (Lipinski definition) is 2. The predicted octanol–water partition coefficient (Wildman–Crippen LogP) is 2.41. The summed E-state index contributed by atoms with van der Waals surface area (Å²) in [6.07, 6.45) is 4.75. The lowest BCUT2D eigenvalue weighted by atomic mass is 10.2. The highest BCUT2D eigenvalue weighted by molar-refractivity contribution is 14.0. The van der Waals surface area contributed by atoms with Gasteiger partial charge in [-0.05, 0) is 40.5 Å². The summed E-state index contributed by atoms with van der Waals surface area (Å²) in [5, 5.41) is 15.5. The van der Waals surface area contributed by atoms with E-state index in [1.54, 1.807) is 0 Å². The molecule has 0 saturated heterocycles. The third-order valence-corrected chi connectivity index (χ3v) is 4.81. The van der Waals surface area contributed by atoms with Gasteiger partial charge in [0.2, 0.25) is 0 Å². The van der Waals surface area contributed by atoms with Crippen LogP contribution >= 0.6 is 24.0 Å². The van der Waals surface area contributed by atoms with E-state index in [-0.39, 0.29) is 24.0 Å². The monoisotopic (exact) mass is 477 g/mol. The molecule has 150 valence electrons. The number of aromatic nitrogens is 3. The Balaban J connectivity index is 0.00000338. The van der Waals surface area contributed by atoms with Crippen LogP contribution in [0.1, 0.15) is 58.6 Å². The minimum Gasteiger partial charge on any atom is -0.355 e. The first-order valence-electron chi connectivity index (χ1n) is 9.64. The predicted molar refractivity (Wildman–Crippen MR) is 118 cm³/mol. The molecule has 26 heavy (non-hydrogen) atoms. The van der Waals surface area contributed by atoms with Gasteiger partial charge in [-0.1, -0.05) is 6.42 Å². The van der Waals surface area contributed by atoms with Gasteiger partial charge in [0.15, 0.2) is 11.8 Å². The summed E-state index contributed by atoms with van der Waals surface area (Å²) in [4.78, 5) is 6.79. The fraction of sp³-hybridized carbons (Fsp3) is 0.833. The molecule has 0 aliphatic carbocycles. The van der Waals surface area contributed by atoms with Crippen LogP contribution in [-0.2, 0) is 19.5 Å². The van der Waals surface area contributed by atoms with Gasteiger partial charge in [-0.25, -0.2) is 0 Å². The molecule has 1 aromatic heterocycles. The first-order chi connectivity index (χ1) is 12.0. The summed E-state index contributed by atoms with van der Waals surface area (Å²) >= 11 is 0. The number of aliphatic imine (C=N–C) groups is 1. The molecule has 0 radical (unpaired) electrons. The molecule has 0 saturated carbocycles. The second-order valence-corrected chi connectivity index (χ2v) is 7.27. The number of halogens is 1. The van der Waals surface area contributed by atoms with E-state index >= 15 is 0 Å². The molecule has 1 aliphatic rings. The topological polar surface area (TPSA) is 70.4 Å². The van der Waals surface area contributed by atoms with Gasteiger partial charge in [-0.15, -0.1) is 34.2 Å². The third kappa shape index (κ3) is 6.68. The molecule has 1 aromatic rings. The lowest BCUT2D eigenvalue weighted by Crippen LogP contribution is -2.45. The lowest BCUT2D eigenvalue weighted by Gasteiger charge is -2.30. The molecule has 1 aliphatic heterocycles. The molecular weight excluding hydrogens is 441 g/mol. The third-order valence-electron chi connectivity index (χ3n) is 4.81. The van der Waals surface area contributed by atoms with Crippen LogP contribution < -0.4 is 10.6 Å². The van der Waals surface area contributed by atoms with Crippen molar-refractivity contribution in [3.63, 3.8) is 0 Å². The Morgan fingerprint density at radius 1 is 1.12 bits per heavy atom. The molecule has 0 spiro atoms. The van der Waals surface area contributed by atoms with Crippen LogP contribution in [-0.4, -0.2) is 57.8 Å². The van der Waals surface area contributed by atoms with Crippen molar-refractivity contribution in [1.29, 1.82) is 0 Å². The number of hydrogen-bond acceptors (Lipinski definition) is 4. The molecule has 8 heteroatoms. The van der Waals surface area contributed by atoms with Crippen LogP contribution in [0.4, 0.5) is 0 Å². The van der Waals surface area contributed by atoms with Crippen LogP contribution in [0.15, 0.2) is 4.99 Å². The molecule has 2 heterocycles. The van der Waals surface area contributed by atoms with Crippen molar-refractivity contribution in [2.75, 3.05) is 20.1 Å². The van der Waals surface area contributed by atoms with Gasteiger partial charge in [-0.2, -0.15) is 0 Å². The second-order valence-electron chi connectivity index (χ2n) is 7.27. The standard InChI is InChI=1S/C18H35N7.HI/c1-14(2)24(15(3)4)12-10-20-18(19-5)21-13-17-23-22-16-9-7-6-8-11-25(16)17;/h14-15H,6-13H2,1-5H3,(H2,19,20,21);1H. The van der Waals surface area contributed by atoms with Gasteiger partial charge in [0, 0.05) is 45.2 Å². The minimum atomic E-state index is 0. The van der Waals surface area contributed by atoms with E-state index in [9.17, 15) is 0 Å². The van der Waals surface area contributed by atoms with Gasteiger partial charge in [0.1, 0.15) is 5.82 Å². The Kier molecular flexibility index (Phi) is 10.4. The van der Waals surface area contributed by atoms with Crippen molar-refractivity contribution in [2.24, 2.45) is 4.99 Å². The van der Waals surface area contributed by atoms with E-state index < -0.39 is 0 Å². The SMILES string of the molecule is CN=C(NCCN(C(C)C)C(C)C)NCc1nnc2n1CCCCC2.I. The summed E-state index contributed by atoms with van der Waals surface area (Å²) in [6.45, 7) is 12.5. The molecule has 2 N–H and O–H groups in total. The van der Waals surface area contributed by atoms with Gasteiger partial charge >= 0.3 is 0 Å². The number of guanidine groups is 1. The van der Waals surface area contributed by atoms with E-state index in [1.807, 2.05) is 7.05 Å². The number of rotatable bonds is 7. The van der Waals surface area contributed by atoms with E-state index in [2.05, 4.69) is 63.0 Å². The Hall–Kier alpha value is -0.900. The summed E-state index contributed by atoms with van der Waals surface area (Å²) in [5.41, 5.74) is 0. The number of aryl methyl sites for hydroxylation is 1. The zero-order valence-corrected chi connectivity index (χ0v) is 19.3. The molecule has 0 bridgehead atoms. The first-order valence-corrected chi connectivity index (χ1v) is 9.64. The molecule has 2 rings (SSSR count). The second kappa shape index (κ2) is 11.7. The maximum absolute atomic E-state index is 4.36. The smallest absolute Gasteiger partial charge is 0.191 e. The highest BCUT2D eigenvalue weighted by Gasteiger charge is 2.15. The number of nitrogens with one attached hydrogen (secondary N) is 2. The number of fused-ring (bicyclic) bond motifs is 1. The van der Waals surface area contributed by atoms with Crippen molar-refractivity contribution in [3.05, 3.63) is 11.6 Å². The highest BCUT2D eigenvalue weighted by Crippen LogP contribution is 2.14. The van der Waals surface area contributed by atoms with Crippen molar-refractivity contribution < 1.29 is 0 Å². The zero-order chi connectivity index (χ0) is 18.2. The van der Waals surface area contributed by atoms with E-state index in [0.29, 0.717) is 18.6 Å². The fourth-order valence-electron chi connectivity index (χ4n) is 3.48. The minimum absolute atomic E-state index is 0. The quantitative estimate of drug-likeness (QED) is 0.359. The zero-order valence-electron chi connectivity index (χ0n) is 17.0. The normalized spacial score (nSPS) is 15.0. The largest absolute Gasteiger partial charge is 0.355 e. The molecule has 0 atom stereocenters. The molecule has 0 fully saturated rings. The fourth-order valence-corrected chi connectivity index (χ4v) is 3.48. The molecular formula is C18H36IN7. The molecule has 0 amide bonds.